The molecule has 2 rings (SSSR count). The van der Waals surface area contributed by atoms with Gasteiger partial charge in [-0.05, 0) is 24.8 Å². The number of aliphatic hydroxyl groups excluding tert-OH is 1. The highest BCUT2D eigenvalue weighted by Gasteiger charge is 2.19. The van der Waals surface area contributed by atoms with Crippen molar-refractivity contribution >= 4 is 21.6 Å². The van der Waals surface area contributed by atoms with Crippen molar-refractivity contribution in [2.24, 2.45) is 0 Å². The molecular weight excluding hydrogens is 208 g/mol. The molecular formula is C11H14N2OS. The smallest absolute Gasteiger partial charge is 0.126 e. The van der Waals surface area contributed by atoms with E-state index in [4.69, 9.17) is 0 Å². The third-order valence-corrected chi connectivity index (χ3v) is 3.49. The van der Waals surface area contributed by atoms with Crippen LogP contribution in [0.5, 0.6) is 0 Å². The number of nitrogens with zero attached hydrogens (tertiary/aromatic N) is 2. The second-order valence-corrected chi connectivity index (χ2v) is 4.55. The standard InChI is InChI=1S/C11H14N2OS/c1-3-8(7(2)14)10-9-4-5-15-11(9)13-6-12-10/h4-8,14H,3H2,1-2H3. The zero-order valence-electron chi connectivity index (χ0n) is 8.84. The molecule has 4 heteroatoms. The summed E-state index contributed by atoms with van der Waals surface area (Å²) in [5, 5.41) is 12.8. The molecule has 0 bridgehead atoms. The topological polar surface area (TPSA) is 46.0 Å². The highest BCUT2D eigenvalue weighted by Crippen LogP contribution is 2.29. The maximum Gasteiger partial charge on any atom is 0.126 e. The van der Waals surface area contributed by atoms with E-state index in [1.165, 1.54) is 0 Å². The summed E-state index contributed by atoms with van der Waals surface area (Å²) in [5.74, 6) is 0.102. The first kappa shape index (κ1) is 10.5. The molecule has 1 N–H and O–H groups in total. The second kappa shape index (κ2) is 4.24. The normalized spacial score (nSPS) is 15.4. The van der Waals surface area contributed by atoms with E-state index in [-0.39, 0.29) is 12.0 Å². The minimum atomic E-state index is -0.368. The van der Waals surface area contributed by atoms with Crippen LogP contribution in [0.1, 0.15) is 31.9 Å². The van der Waals surface area contributed by atoms with Crippen molar-refractivity contribution in [1.29, 1.82) is 0 Å². The van der Waals surface area contributed by atoms with Gasteiger partial charge in [-0.15, -0.1) is 11.3 Å². The number of hydrogen-bond donors (Lipinski definition) is 1. The molecule has 0 aromatic carbocycles. The zero-order valence-corrected chi connectivity index (χ0v) is 9.66. The van der Waals surface area contributed by atoms with E-state index < -0.39 is 0 Å². The van der Waals surface area contributed by atoms with Gasteiger partial charge in [0.15, 0.2) is 0 Å². The van der Waals surface area contributed by atoms with Gasteiger partial charge in [0, 0.05) is 11.3 Å². The molecule has 2 unspecified atom stereocenters. The van der Waals surface area contributed by atoms with E-state index in [1.54, 1.807) is 17.7 Å². The summed E-state index contributed by atoms with van der Waals surface area (Å²) >= 11 is 1.61. The van der Waals surface area contributed by atoms with Crippen LogP contribution in [0.3, 0.4) is 0 Å². The van der Waals surface area contributed by atoms with Gasteiger partial charge in [-0.3, -0.25) is 0 Å². The van der Waals surface area contributed by atoms with Crippen molar-refractivity contribution in [2.45, 2.75) is 32.3 Å². The van der Waals surface area contributed by atoms with Crippen LogP contribution in [-0.2, 0) is 0 Å². The van der Waals surface area contributed by atoms with E-state index in [0.29, 0.717) is 0 Å². The zero-order chi connectivity index (χ0) is 10.8. The molecule has 0 fully saturated rings. The van der Waals surface area contributed by atoms with Gasteiger partial charge in [0.2, 0.25) is 0 Å². The largest absolute Gasteiger partial charge is 0.393 e. The Bertz CT molecular complexity index is 453. The quantitative estimate of drug-likeness (QED) is 0.868. The highest BCUT2D eigenvalue weighted by atomic mass is 32.1. The Labute approximate surface area is 92.8 Å². The Morgan fingerprint density at radius 1 is 1.47 bits per heavy atom. The first-order chi connectivity index (χ1) is 7.24. The van der Waals surface area contributed by atoms with Gasteiger partial charge in [0.05, 0.1) is 11.8 Å². The number of rotatable bonds is 3. The Kier molecular flexibility index (Phi) is 2.98. The van der Waals surface area contributed by atoms with Crippen LogP contribution in [0.2, 0.25) is 0 Å². The molecule has 15 heavy (non-hydrogen) atoms. The fourth-order valence-corrected chi connectivity index (χ4v) is 2.61. The van der Waals surface area contributed by atoms with Gasteiger partial charge in [-0.2, -0.15) is 0 Å². The van der Waals surface area contributed by atoms with E-state index in [9.17, 15) is 5.11 Å². The van der Waals surface area contributed by atoms with E-state index in [2.05, 4.69) is 16.9 Å². The Morgan fingerprint density at radius 2 is 2.27 bits per heavy atom. The third-order valence-electron chi connectivity index (χ3n) is 2.67. The number of fused-ring (bicyclic) bond motifs is 1. The molecule has 2 heterocycles. The molecule has 2 aromatic rings. The van der Waals surface area contributed by atoms with Crippen molar-refractivity contribution < 1.29 is 5.11 Å². The SMILES string of the molecule is CCC(c1ncnc2sccc12)C(C)O. The molecule has 0 radical (unpaired) electrons. The van der Waals surface area contributed by atoms with Crippen LogP contribution < -0.4 is 0 Å². The summed E-state index contributed by atoms with van der Waals surface area (Å²) in [6.07, 6.45) is 2.10. The molecule has 80 valence electrons. The van der Waals surface area contributed by atoms with Crippen LogP contribution in [0, 0.1) is 0 Å². The molecule has 3 nitrogen and oxygen atoms in total. The Hall–Kier alpha value is -1.00. The van der Waals surface area contributed by atoms with E-state index in [0.717, 1.165) is 22.3 Å². The lowest BCUT2D eigenvalue weighted by Gasteiger charge is -2.17. The average molecular weight is 222 g/mol. The van der Waals surface area contributed by atoms with Crippen molar-refractivity contribution in [3.8, 4) is 0 Å². The lowest BCUT2D eigenvalue weighted by molar-refractivity contribution is 0.158. The number of thiophene rings is 1. The van der Waals surface area contributed by atoms with Gasteiger partial charge < -0.3 is 5.11 Å². The van der Waals surface area contributed by atoms with E-state index >= 15 is 0 Å². The average Bonchev–Trinajstić information content (AvgIpc) is 2.66. The monoisotopic (exact) mass is 222 g/mol. The van der Waals surface area contributed by atoms with Gasteiger partial charge in [-0.25, -0.2) is 9.97 Å². The summed E-state index contributed by atoms with van der Waals surface area (Å²) < 4.78 is 0. The predicted molar refractivity (Wildman–Crippen MR) is 62.1 cm³/mol. The van der Waals surface area contributed by atoms with Crippen molar-refractivity contribution in [3.05, 3.63) is 23.5 Å². The fourth-order valence-electron chi connectivity index (χ4n) is 1.87. The van der Waals surface area contributed by atoms with E-state index in [1.807, 2.05) is 18.4 Å². The van der Waals surface area contributed by atoms with Crippen molar-refractivity contribution in [1.82, 2.24) is 9.97 Å². The Morgan fingerprint density at radius 3 is 2.93 bits per heavy atom. The van der Waals surface area contributed by atoms with Gasteiger partial charge in [0.1, 0.15) is 11.2 Å². The molecule has 0 amide bonds. The molecule has 0 saturated heterocycles. The van der Waals surface area contributed by atoms with Crippen LogP contribution in [0.25, 0.3) is 10.2 Å². The third kappa shape index (κ3) is 1.87. The van der Waals surface area contributed by atoms with Crippen molar-refractivity contribution in [2.75, 3.05) is 0 Å². The highest BCUT2D eigenvalue weighted by molar-refractivity contribution is 7.16. The predicted octanol–water partition coefficient (Wildman–Crippen LogP) is 2.57. The molecule has 0 aliphatic carbocycles. The fraction of sp³-hybridized carbons (Fsp3) is 0.455. The lowest BCUT2D eigenvalue weighted by atomic mass is 9.95. The van der Waals surface area contributed by atoms with Crippen molar-refractivity contribution in [3.63, 3.8) is 0 Å². The molecule has 2 aromatic heterocycles. The Balaban J connectivity index is 2.54. The molecule has 0 saturated carbocycles. The van der Waals surface area contributed by atoms with Crippen LogP contribution in [0.15, 0.2) is 17.8 Å². The maximum absolute atomic E-state index is 9.71. The minimum Gasteiger partial charge on any atom is -0.393 e. The minimum absolute atomic E-state index is 0.102. The summed E-state index contributed by atoms with van der Waals surface area (Å²) in [6.45, 7) is 3.88. The number of aromatic nitrogens is 2. The van der Waals surface area contributed by atoms with Gasteiger partial charge in [-0.1, -0.05) is 6.92 Å². The summed E-state index contributed by atoms with van der Waals surface area (Å²) in [5.41, 5.74) is 0.971. The first-order valence-electron chi connectivity index (χ1n) is 5.10. The molecule has 0 aliphatic heterocycles. The van der Waals surface area contributed by atoms with Gasteiger partial charge >= 0.3 is 0 Å². The summed E-state index contributed by atoms with van der Waals surface area (Å²) in [7, 11) is 0. The van der Waals surface area contributed by atoms with Gasteiger partial charge in [0.25, 0.3) is 0 Å². The molecule has 0 spiro atoms. The number of aliphatic hydroxyl groups is 1. The molecule has 0 aliphatic rings. The van der Waals surface area contributed by atoms with Crippen LogP contribution >= 0.6 is 11.3 Å². The first-order valence-corrected chi connectivity index (χ1v) is 5.98. The second-order valence-electron chi connectivity index (χ2n) is 3.65. The van der Waals surface area contributed by atoms with Crippen LogP contribution in [0.4, 0.5) is 0 Å². The lowest BCUT2D eigenvalue weighted by Crippen LogP contribution is -2.15. The summed E-state index contributed by atoms with van der Waals surface area (Å²) in [4.78, 5) is 9.51. The van der Waals surface area contributed by atoms with Crippen LogP contribution in [-0.4, -0.2) is 21.2 Å². The number of hydrogen-bond acceptors (Lipinski definition) is 4. The summed E-state index contributed by atoms with van der Waals surface area (Å²) in [6, 6.07) is 2.03. The maximum atomic E-state index is 9.71. The molecule has 2 atom stereocenters.